The summed E-state index contributed by atoms with van der Waals surface area (Å²) >= 11 is 0. The van der Waals surface area contributed by atoms with Crippen LogP contribution in [0.3, 0.4) is 0 Å². The van der Waals surface area contributed by atoms with Crippen LogP contribution in [-0.4, -0.2) is 21.6 Å². The van der Waals surface area contributed by atoms with Crippen molar-refractivity contribution < 1.29 is 9.90 Å². The van der Waals surface area contributed by atoms with Gasteiger partial charge in [0, 0.05) is 6.20 Å². The van der Waals surface area contributed by atoms with Gasteiger partial charge in [-0.15, -0.1) is 0 Å². The Hall–Kier alpha value is -2.09. The zero-order chi connectivity index (χ0) is 12.5. The standard InChI is InChI=1S/C12H13N3O2/c1-12(11(16)17,9-3-4-9)15-10-5-2-8(6-13)7-14-10/h2,5,7,9H,3-4H2,1H3,(H,14,15)(H,16,17). The highest BCUT2D eigenvalue weighted by atomic mass is 16.4. The molecule has 0 radical (unpaired) electrons. The van der Waals surface area contributed by atoms with Crippen LogP contribution in [0.15, 0.2) is 18.3 Å². The molecule has 1 aliphatic rings. The Morgan fingerprint density at radius 1 is 1.65 bits per heavy atom. The molecule has 1 saturated carbocycles. The summed E-state index contributed by atoms with van der Waals surface area (Å²) in [5, 5.41) is 20.9. The third kappa shape index (κ3) is 2.21. The van der Waals surface area contributed by atoms with E-state index in [1.54, 1.807) is 19.1 Å². The van der Waals surface area contributed by atoms with Crippen molar-refractivity contribution in [1.29, 1.82) is 5.26 Å². The lowest BCUT2D eigenvalue weighted by Crippen LogP contribution is -2.45. The summed E-state index contributed by atoms with van der Waals surface area (Å²) in [6.07, 6.45) is 3.27. The second-order valence-corrected chi connectivity index (χ2v) is 4.45. The number of anilines is 1. The molecule has 1 unspecified atom stereocenters. The maximum absolute atomic E-state index is 11.3. The third-order valence-corrected chi connectivity index (χ3v) is 3.12. The van der Waals surface area contributed by atoms with Crippen molar-refractivity contribution in [2.24, 2.45) is 5.92 Å². The number of aromatic nitrogens is 1. The van der Waals surface area contributed by atoms with Crippen LogP contribution in [0, 0.1) is 17.2 Å². The number of hydrogen-bond donors (Lipinski definition) is 2. The number of carboxylic acids is 1. The van der Waals surface area contributed by atoms with E-state index in [0.717, 1.165) is 12.8 Å². The van der Waals surface area contributed by atoms with Gasteiger partial charge in [-0.25, -0.2) is 9.78 Å². The normalized spacial score (nSPS) is 17.9. The molecule has 1 aliphatic carbocycles. The fourth-order valence-electron chi connectivity index (χ4n) is 1.79. The van der Waals surface area contributed by atoms with Crippen molar-refractivity contribution in [3.05, 3.63) is 23.9 Å². The zero-order valence-corrected chi connectivity index (χ0v) is 9.47. The topological polar surface area (TPSA) is 86.0 Å². The maximum atomic E-state index is 11.3. The molecule has 17 heavy (non-hydrogen) atoms. The van der Waals surface area contributed by atoms with Crippen LogP contribution in [0.1, 0.15) is 25.3 Å². The average Bonchev–Trinajstić information content (AvgIpc) is 3.13. The van der Waals surface area contributed by atoms with E-state index < -0.39 is 11.5 Å². The number of nitrogens with one attached hydrogen (secondary N) is 1. The summed E-state index contributed by atoms with van der Waals surface area (Å²) in [5.74, 6) is -0.232. The van der Waals surface area contributed by atoms with Crippen LogP contribution in [0.5, 0.6) is 0 Å². The van der Waals surface area contributed by atoms with Crippen LogP contribution in [0.25, 0.3) is 0 Å². The molecule has 0 amide bonds. The van der Waals surface area contributed by atoms with Crippen LogP contribution < -0.4 is 5.32 Å². The van der Waals surface area contributed by atoms with Gasteiger partial charge in [0.15, 0.2) is 0 Å². The van der Waals surface area contributed by atoms with Gasteiger partial charge in [-0.05, 0) is 37.8 Å². The molecule has 0 saturated heterocycles. The first-order valence-electron chi connectivity index (χ1n) is 5.44. The van der Waals surface area contributed by atoms with Crippen molar-refractivity contribution in [2.45, 2.75) is 25.3 Å². The lowest BCUT2D eigenvalue weighted by molar-refractivity contribution is -0.142. The minimum Gasteiger partial charge on any atom is -0.480 e. The Kier molecular flexibility index (Phi) is 2.72. The molecule has 0 aliphatic heterocycles. The van der Waals surface area contributed by atoms with Crippen LogP contribution >= 0.6 is 0 Å². The highest BCUT2D eigenvalue weighted by Gasteiger charge is 2.47. The Bertz CT molecular complexity index is 474. The van der Waals surface area contributed by atoms with Crippen molar-refractivity contribution in [3.8, 4) is 6.07 Å². The molecular weight excluding hydrogens is 218 g/mol. The lowest BCUT2D eigenvalue weighted by Gasteiger charge is -2.26. The van der Waals surface area contributed by atoms with E-state index in [9.17, 15) is 9.90 Å². The van der Waals surface area contributed by atoms with E-state index in [2.05, 4.69) is 10.3 Å². The number of pyridine rings is 1. The fraction of sp³-hybridized carbons (Fsp3) is 0.417. The SMILES string of the molecule is CC(Nc1ccc(C#N)cn1)(C(=O)O)C1CC1. The van der Waals surface area contributed by atoms with E-state index >= 15 is 0 Å². The highest BCUT2D eigenvalue weighted by Crippen LogP contribution is 2.41. The fourth-order valence-corrected chi connectivity index (χ4v) is 1.79. The first-order chi connectivity index (χ1) is 8.06. The molecule has 0 aromatic carbocycles. The maximum Gasteiger partial charge on any atom is 0.329 e. The van der Waals surface area contributed by atoms with Gasteiger partial charge < -0.3 is 10.4 Å². The summed E-state index contributed by atoms with van der Waals surface area (Å²) < 4.78 is 0. The van der Waals surface area contributed by atoms with E-state index in [4.69, 9.17) is 5.26 Å². The number of carbonyl (C=O) groups is 1. The van der Waals surface area contributed by atoms with Gasteiger partial charge in [0.1, 0.15) is 17.4 Å². The van der Waals surface area contributed by atoms with Gasteiger partial charge in [-0.1, -0.05) is 0 Å². The van der Waals surface area contributed by atoms with Crippen LogP contribution in [0.4, 0.5) is 5.82 Å². The summed E-state index contributed by atoms with van der Waals surface area (Å²) in [7, 11) is 0. The van der Waals surface area contributed by atoms with Gasteiger partial charge in [0.2, 0.25) is 0 Å². The van der Waals surface area contributed by atoms with Crippen molar-refractivity contribution in [3.63, 3.8) is 0 Å². The minimum absolute atomic E-state index is 0.150. The van der Waals surface area contributed by atoms with Gasteiger partial charge in [0.25, 0.3) is 0 Å². The van der Waals surface area contributed by atoms with Crippen LogP contribution in [-0.2, 0) is 4.79 Å². The highest BCUT2D eigenvalue weighted by molar-refractivity contribution is 5.82. The molecule has 1 aromatic rings. The smallest absolute Gasteiger partial charge is 0.329 e. The predicted molar refractivity (Wildman–Crippen MR) is 61.3 cm³/mol. The lowest BCUT2D eigenvalue weighted by atomic mass is 9.96. The van der Waals surface area contributed by atoms with Gasteiger partial charge in [0.05, 0.1) is 5.56 Å². The van der Waals surface area contributed by atoms with Gasteiger partial charge >= 0.3 is 5.97 Å². The molecule has 1 fully saturated rings. The predicted octanol–water partition coefficient (Wildman–Crippen LogP) is 1.62. The molecule has 1 aromatic heterocycles. The molecular formula is C12H13N3O2. The second-order valence-electron chi connectivity index (χ2n) is 4.45. The zero-order valence-electron chi connectivity index (χ0n) is 9.47. The largest absolute Gasteiger partial charge is 0.480 e. The number of nitriles is 1. The summed E-state index contributed by atoms with van der Waals surface area (Å²) in [6.45, 7) is 1.67. The molecule has 0 spiro atoms. The summed E-state index contributed by atoms with van der Waals surface area (Å²) in [6, 6.07) is 5.21. The molecule has 2 N–H and O–H groups in total. The van der Waals surface area contributed by atoms with E-state index in [-0.39, 0.29) is 5.92 Å². The number of nitrogens with zero attached hydrogens (tertiary/aromatic N) is 2. The Morgan fingerprint density at radius 2 is 2.35 bits per heavy atom. The molecule has 0 bridgehead atoms. The Morgan fingerprint density at radius 3 is 2.76 bits per heavy atom. The summed E-state index contributed by atoms with van der Waals surface area (Å²) in [4.78, 5) is 15.3. The van der Waals surface area contributed by atoms with Crippen LogP contribution in [0.2, 0.25) is 0 Å². The van der Waals surface area contributed by atoms with E-state index in [0.29, 0.717) is 11.4 Å². The average molecular weight is 231 g/mol. The molecule has 1 atom stereocenters. The van der Waals surface area contributed by atoms with Crippen molar-refractivity contribution in [1.82, 2.24) is 4.98 Å². The van der Waals surface area contributed by atoms with Crippen molar-refractivity contribution in [2.75, 3.05) is 5.32 Å². The number of aliphatic carboxylic acids is 1. The van der Waals surface area contributed by atoms with Crippen molar-refractivity contribution >= 4 is 11.8 Å². The molecule has 2 rings (SSSR count). The second kappa shape index (κ2) is 4.06. The third-order valence-electron chi connectivity index (χ3n) is 3.12. The van der Waals surface area contributed by atoms with Gasteiger partial charge in [-0.2, -0.15) is 5.26 Å². The molecule has 88 valence electrons. The Balaban J connectivity index is 2.18. The monoisotopic (exact) mass is 231 g/mol. The number of carboxylic acid groups (broad SMARTS) is 1. The Labute approximate surface area is 99.1 Å². The van der Waals surface area contributed by atoms with E-state index in [1.807, 2.05) is 6.07 Å². The number of rotatable bonds is 4. The quantitative estimate of drug-likeness (QED) is 0.822. The molecule has 5 nitrogen and oxygen atoms in total. The van der Waals surface area contributed by atoms with E-state index in [1.165, 1.54) is 6.20 Å². The first-order valence-corrected chi connectivity index (χ1v) is 5.44. The first kappa shape index (κ1) is 11.4. The number of hydrogen-bond acceptors (Lipinski definition) is 4. The van der Waals surface area contributed by atoms with Gasteiger partial charge in [-0.3, -0.25) is 0 Å². The molecule has 5 heteroatoms. The molecule has 1 heterocycles. The minimum atomic E-state index is -0.971. The summed E-state index contributed by atoms with van der Waals surface area (Å²) in [5.41, 5.74) is -0.514.